The van der Waals surface area contributed by atoms with Gasteiger partial charge in [-0.15, -0.1) is 40.1 Å². The summed E-state index contributed by atoms with van der Waals surface area (Å²) in [5.41, 5.74) is 1.56. The van der Waals surface area contributed by atoms with Crippen molar-refractivity contribution < 1.29 is 30.0 Å². The first kappa shape index (κ1) is 30.3. The number of hydrogen-bond acceptors (Lipinski definition) is 4. The van der Waals surface area contributed by atoms with Gasteiger partial charge in [-0.1, -0.05) is 101 Å². The minimum Gasteiger partial charge on any atom is -0.512 e. The average Bonchev–Trinajstić information content (AvgIpc) is 3.22. The van der Waals surface area contributed by atoms with Crippen LogP contribution in [0, 0.1) is 16.9 Å². The number of benzene rings is 3. The van der Waals surface area contributed by atoms with Crippen molar-refractivity contribution in [1.82, 2.24) is 4.98 Å². The second-order valence-electron chi connectivity index (χ2n) is 13.0. The van der Waals surface area contributed by atoms with E-state index < -0.39 is 13.5 Å². The molecule has 0 bridgehead atoms. The Hall–Kier alpha value is -2.63. The third kappa shape index (κ3) is 5.35. The van der Waals surface area contributed by atoms with Crippen LogP contribution in [0.15, 0.2) is 72.6 Å². The zero-order valence-corrected chi connectivity index (χ0v) is 28.6. The Balaban J connectivity index is 0.000000229. The third-order valence-corrected chi connectivity index (χ3v) is 12.2. The van der Waals surface area contributed by atoms with Crippen molar-refractivity contribution in [3.05, 3.63) is 78.7 Å². The van der Waals surface area contributed by atoms with Crippen LogP contribution in [0.4, 0.5) is 0 Å². The number of aliphatic hydroxyl groups is 1. The van der Waals surface area contributed by atoms with Crippen molar-refractivity contribution in [3.63, 3.8) is 0 Å². The average molecular weight is 743 g/mol. The summed E-state index contributed by atoms with van der Waals surface area (Å²) >= 11 is 1.89. The van der Waals surface area contributed by atoms with Crippen LogP contribution in [0.25, 0.3) is 42.2 Å². The molecule has 3 heterocycles. The summed E-state index contributed by atoms with van der Waals surface area (Å²) in [6.45, 7) is 16.1. The number of carbonyl (C=O) groups is 1. The molecule has 0 fully saturated rings. The van der Waals surface area contributed by atoms with Gasteiger partial charge in [-0.25, -0.2) is 0 Å². The molecular formula is C34H36IrNO2SSi-. The van der Waals surface area contributed by atoms with Gasteiger partial charge in [0, 0.05) is 58.3 Å². The molecule has 1 radical (unpaired) electrons. The van der Waals surface area contributed by atoms with E-state index in [2.05, 4.69) is 73.8 Å². The van der Waals surface area contributed by atoms with Gasteiger partial charge in [-0.05, 0) is 22.9 Å². The van der Waals surface area contributed by atoms with Crippen LogP contribution in [0.2, 0.25) is 13.1 Å². The normalized spacial score (nSPS) is 14.3. The van der Waals surface area contributed by atoms with Crippen LogP contribution in [-0.4, -0.2) is 23.9 Å². The topological polar surface area (TPSA) is 50.2 Å². The summed E-state index contributed by atoms with van der Waals surface area (Å²) in [4.78, 5) is 16.3. The molecule has 3 nitrogen and oxygen atoms in total. The fraction of sp³-hybridized carbons (Fsp3) is 0.294. The van der Waals surface area contributed by atoms with E-state index in [0.717, 1.165) is 5.69 Å². The third-order valence-electron chi connectivity index (χ3n) is 7.56. The first-order valence-corrected chi connectivity index (χ1v) is 17.2. The van der Waals surface area contributed by atoms with Crippen LogP contribution in [0.5, 0.6) is 0 Å². The van der Waals surface area contributed by atoms with Crippen LogP contribution >= 0.6 is 11.3 Å². The summed E-state index contributed by atoms with van der Waals surface area (Å²) in [6, 6.07) is 23.7. The molecule has 5 aromatic rings. The van der Waals surface area contributed by atoms with Crippen LogP contribution in [0.3, 0.4) is 0 Å². The monoisotopic (exact) mass is 743 g/mol. The molecule has 2 aromatic heterocycles. The Morgan fingerprint density at radius 3 is 2.25 bits per heavy atom. The van der Waals surface area contributed by atoms with Gasteiger partial charge in [-0.2, -0.15) is 0 Å². The van der Waals surface area contributed by atoms with Crippen molar-refractivity contribution >= 4 is 66.5 Å². The molecule has 40 heavy (non-hydrogen) atoms. The zero-order valence-electron chi connectivity index (χ0n) is 24.4. The van der Waals surface area contributed by atoms with Gasteiger partial charge < -0.3 is 5.11 Å². The fourth-order valence-electron chi connectivity index (χ4n) is 5.02. The number of allylic oxidation sites excluding steroid dienone is 2. The number of aromatic nitrogens is 1. The number of thiophene rings is 1. The largest absolute Gasteiger partial charge is 0.512 e. The van der Waals surface area contributed by atoms with Crippen LogP contribution < -0.4 is 10.4 Å². The molecule has 0 aliphatic carbocycles. The molecule has 1 aliphatic heterocycles. The maximum Gasteiger partial charge on any atom is 0.164 e. The van der Waals surface area contributed by atoms with Gasteiger partial charge >= 0.3 is 0 Å². The van der Waals surface area contributed by atoms with Crippen molar-refractivity contribution in [2.45, 2.75) is 54.6 Å². The van der Waals surface area contributed by atoms with E-state index in [1.165, 1.54) is 53.0 Å². The number of aliphatic hydroxyl groups excluding tert-OH is 1. The summed E-state index contributed by atoms with van der Waals surface area (Å²) < 4.78 is 2.71. The molecule has 0 spiro atoms. The minimum absolute atomic E-state index is 0. The number of pyridine rings is 1. The van der Waals surface area contributed by atoms with E-state index >= 15 is 0 Å². The Kier molecular flexibility index (Phi) is 8.07. The number of rotatable bonds is 1. The van der Waals surface area contributed by atoms with E-state index in [1.807, 2.05) is 59.1 Å². The molecule has 0 saturated carbocycles. The van der Waals surface area contributed by atoms with Crippen molar-refractivity contribution in [2.24, 2.45) is 10.8 Å². The minimum atomic E-state index is -1.88. The number of nitrogens with zero attached hydrogens (tertiary/aromatic N) is 1. The molecule has 209 valence electrons. The van der Waals surface area contributed by atoms with Crippen molar-refractivity contribution in [1.29, 1.82) is 0 Å². The fourth-order valence-corrected chi connectivity index (χ4v) is 9.25. The van der Waals surface area contributed by atoms with Crippen LogP contribution in [-0.2, 0) is 24.9 Å². The van der Waals surface area contributed by atoms with Crippen LogP contribution in [0.1, 0.15) is 41.5 Å². The van der Waals surface area contributed by atoms with Gasteiger partial charge in [0.1, 0.15) is 5.76 Å². The number of hydrogen-bond donors (Lipinski definition) is 1. The Morgan fingerprint density at radius 1 is 0.900 bits per heavy atom. The van der Waals surface area contributed by atoms with E-state index in [-0.39, 0.29) is 37.1 Å². The molecule has 6 rings (SSSR count). The zero-order chi connectivity index (χ0) is 28.3. The quantitative estimate of drug-likeness (QED) is 0.0815. The van der Waals surface area contributed by atoms with Crippen molar-refractivity contribution in [2.75, 3.05) is 0 Å². The van der Waals surface area contributed by atoms with E-state index in [9.17, 15) is 9.90 Å². The molecule has 0 saturated heterocycles. The summed E-state index contributed by atoms with van der Waals surface area (Å²) in [5, 5.41) is 17.7. The number of fused-ring (bicyclic) bond motifs is 3. The molecule has 3 aromatic carbocycles. The first-order chi connectivity index (χ1) is 18.2. The molecule has 1 aliphatic rings. The Morgan fingerprint density at radius 2 is 1.57 bits per heavy atom. The van der Waals surface area contributed by atoms with Crippen molar-refractivity contribution in [3.8, 4) is 11.3 Å². The molecular weight excluding hydrogens is 707 g/mol. The second kappa shape index (κ2) is 10.6. The van der Waals surface area contributed by atoms with Gasteiger partial charge in [-0.3, -0.25) is 9.78 Å². The van der Waals surface area contributed by atoms with Gasteiger partial charge in [0.2, 0.25) is 0 Å². The first-order valence-electron chi connectivity index (χ1n) is 13.4. The van der Waals surface area contributed by atoms with E-state index in [0.29, 0.717) is 0 Å². The molecule has 6 heteroatoms. The maximum absolute atomic E-state index is 11.5. The maximum atomic E-state index is 11.5. The van der Waals surface area contributed by atoms with E-state index in [4.69, 9.17) is 4.98 Å². The van der Waals surface area contributed by atoms with Gasteiger partial charge in [0.25, 0.3) is 0 Å². The predicted octanol–water partition coefficient (Wildman–Crippen LogP) is 8.29. The Labute approximate surface area is 255 Å². The SMILES string of the molecule is CC(C)(C)C(=O)/C=C(\O)C(C)(C)C.C[Si]1(C)c2cc3ccccc3[c-]c2-c2nccc3sc4cccc1c4c23.[Ir]. The number of carbonyl (C=O) groups excluding carboxylic acids is 1. The standard InChI is InChI=1S/C23H16NSSi.C11H20O2.Ir/c1-26(2)19-9-5-8-17-21(19)22-18(25-17)10-11-24-23(22)16-12-14-6-3-4-7-15(14)13-20(16)26;1-10(2,3)8(12)7-9(13)11(4,5)6;/h3-11,13H,1-2H3;7,12H,1-6H3;/q-1;;/b;8-7-;. The van der Waals surface area contributed by atoms with Gasteiger partial charge in [0.15, 0.2) is 5.78 Å². The molecule has 1 N–H and O–H groups in total. The second-order valence-corrected chi connectivity index (χ2v) is 18.4. The predicted molar refractivity (Wildman–Crippen MR) is 170 cm³/mol. The molecule has 0 atom stereocenters. The number of ketones is 1. The summed E-state index contributed by atoms with van der Waals surface area (Å²) in [5.74, 6) is 0.104. The smallest absolute Gasteiger partial charge is 0.164 e. The van der Waals surface area contributed by atoms with E-state index in [1.54, 1.807) is 0 Å². The summed E-state index contributed by atoms with van der Waals surface area (Å²) in [7, 11) is -1.88. The Bertz CT molecular complexity index is 1790. The summed E-state index contributed by atoms with van der Waals surface area (Å²) in [6.07, 6.45) is 3.29. The molecule has 0 unspecified atom stereocenters. The molecule has 0 amide bonds. The van der Waals surface area contributed by atoms with Gasteiger partial charge in [0.05, 0.1) is 8.07 Å².